The van der Waals surface area contributed by atoms with Gasteiger partial charge in [0.2, 0.25) is 0 Å². The second-order valence-electron chi connectivity index (χ2n) is 5.18. The van der Waals surface area contributed by atoms with Crippen LogP contribution in [0.5, 0.6) is 0 Å². The largest absolute Gasteiger partial charge is 0.377 e. The van der Waals surface area contributed by atoms with Crippen LogP contribution in [-0.4, -0.2) is 30.1 Å². The van der Waals surface area contributed by atoms with E-state index in [1.165, 1.54) is 0 Å². The third kappa shape index (κ3) is 3.47. The number of imide groups is 1. The van der Waals surface area contributed by atoms with Gasteiger partial charge in [-0.15, -0.1) is 5.06 Å². The number of benzene rings is 2. The topological polar surface area (TPSA) is 55.8 Å². The molecule has 3 rings (SSSR count). The van der Waals surface area contributed by atoms with Gasteiger partial charge in [-0.1, -0.05) is 42.5 Å². The lowest BCUT2D eigenvalue weighted by Gasteiger charge is -2.13. The molecule has 1 heterocycles. The summed E-state index contributed by atoms with van der Waals surface area (Å²) in [5, 5.41) is 0.835. The van der Waals surface area contributed by atoms with E-state index in [2.05, 4.69) is 0 Å². The molecule has 1 aliphatic heterocycles. The Morgan fingerprint density at radius 3 is 2.04 bits per heavy atom. The number of rotatable bonds is 7. The van der Waals surface area contributed by atoms with Gasteiger partial charge in [-0.25, -0.2) is 0 Å². The third-order valence-electron chi connectivity index (χ3n) is 3.52. The number of ether oxygens (including phenoxy) is 1. The zero-order chi connectivity index (χ0) is 16.1. The fourth-order valence-corrected chi connectivity index (χ4v) is 2.37. The number of nitrogens with zero attached hydrogens (tertiary/aromatic N) is 1. The van der Waals surface area contributed by atoms with Crippen molar-refractivity contribution in [1.82, 2.24) is 5.06 Å². The average Bonchev–Trinajstić information content (AvgIpc) is 2.84. The van der Waals surface area contributed by atoms with Crippen LogP contribution in [0.15, 0.2) is 54.6 Å². The molecule has 0 bridgehead atoms. The maximum atomic E-state index is 12.1. The van der Waals surface area contributed by atoms with Crippen LogP contribution in [0.4, 0.5) is 0 Å². The zero-order valence-corrected chi connectivity index (χ0v) is 12.6. The third-order valence-corrected chi connectivity index (χ3v) is 3.52. The maximum absolute atomic E-state index is 12.1. The van der Waals surface area contributed by atoms with E-state index in [4.69, 9.17) is 9.57 Å². The van der Waals surface area contributed by atoms with Gasteiger partial charge in [-0.2, -0.15) is 0 Å². The van der Waals surface area contributed by atoms with Crippen LogP contribution in [0, 0.1) is 0 Å². The Bertz CT molecular complexity index is 664. The molecule has 0 radical (unpaired) electrons. The van der Waals surface area contributed by atoms with E-state index < -0.39 is 11.8 Å². The number of hydrogen-bond acceptors (Lipinski definition) is 4. The van der Waals surface area contributed by atoms with E-state index in [0.717, 1.165) is 10.6 Å². The number of amides is 2. The fraction of sp³-hybridized carbons (Fsp3) is 0.222. The normalized spacial score (nSPS) is 13.5. The zero-order valence-electron chi connectivity index (χ0n) is 12.6. The molecule has 1 aliphatic rings. The molecule has 0 spiro atoms. The van der Waals surface area contributed by atoms with Crippen LogP contribution in [0.25, 0.3) is 0 Å². The quantitative estimate of drug-likeness (QED) is 0.583. The Morgan fingerprint density at radius 2 is 1.39 bits per heavy atom. The smallest absolute Gasteiger partial charge is 0.285 e. The van der Waals surface area contributed by atoms with Gasteiger partial charge in [-0.3, -0.25) is 14.4 Å². The van der Waals surface area contributed by atoms with E-state index >= 15 is 0 Å². The van der Waals surface area contributed by atoms with Gasteiger partial charge in [0.25, 0.3) is 11.8 Å². The van der Waals surface area contributed by atoms with Crippen LogP contribution in [0.1, 0.15) is 32.7 Å². The first-order chi connectivity index (χ1) is 11.3. The summed E-state index contributed by atoms with van der Waals surface area (Å²) in [6, 6.07) is 16.6. The van der Waals surface area contributed by atoms with Gasteiger partial charge < -0.3 is 4.74 Å². The van der Waals surface area contributed by atoms with Gasteiger partial charge in [0, 0.05) is 6.61 Å². The van der Waals surface area contributed by atoms with Crippen molar-refractivity contribution in [3.05, 3.63) is 71.3 Å². The number of carbonyl (C=O) groups is 2. The number of carbonyl (C=O) groups excluding carboxylic acids is 2. The SMILES string of the molecule is O=C1c2ccccc2C(=O)N1OCCCOCc1ccccc1. The molecular weight excluding hydrogens is 294 g/mol. The molecule has 0 aromatic heterocycles. The summed E-state index contributed by atoms with van der Waals surface area (Å²) >= 11 is 0. The lowest BCUT2D eigenvalue weighted by Crippen LogP contribution is -2.30. The Balaban J connectivity index is 1.40. The molecule has 2 amide bonds. The van der Waals surface area contributed by atoms with Crippen molar-refractivity contribution in [2.75, 3.05) is 13.2 Å². The summed E-state index contributed by atoms with van der Waals surface area (Å²) < 4.78 is 5.53. The number of fused-ring (bicyclic) bond motifs is 1. The monoisotopic (exact) mass is 311 g/mol. The molecule has 2 aromatic carbocycles. The summed E-state index contributed by atoms with van der Waals surface area (Å²) in [4.78, 5) is 29.4. The predicted octanol–water partition coefficient (Wildman–Crippen LogP) is 2.82. The molecule has 0 aliphatic carbocycles. The lowest BCUT2D eigenvalue weighted by molar-refractivity contribution is -0.0958. The van der Waals surface area contributed by atoms with Crippen molar-refractivity contribution < 1.29 is 19.2 Å². The summed E-state index contributed by atoms with van der Waals surface area (Å²) in [6.45, 7) is 1.28. The van der Waals surface area contributed by atoms with Crippen LogP contribution < -0.4 is 0 Å². The lowest BCUT2D eigenvalue weighted by atomic mass is 10.1. The predicted molar refractivity (Wildman–Crippen MR) is 83.6 cm³/mol. The van der Waals surface area contributed by atoms with Crippen LogP contribution >= 0.6 is 0 Å². The van der Waals surface area contributed by atoms with E-state index in [9.17, 15) is 9.59 Å². The highest BCUT2D eigenvalue weighted by Gasteiger charge is 2.36. The van der Waals surface area contributed by atoms with Crippen LogP contribution in [0.3, 0.4) is 0 Å². The summed E-state index contributed by atoms with van der Waals surface area (Å²) in [5.74, 6) is -0.813. The molecule has 5 heteroatoms. The van der Waals surface area contributed by atoms with Crippen molar-refractivity contribution >= 4 is 11.8 Å². The van der Waals surface area contributed by atoms with E-state index in [1.807, 2.05) is 30.3 Å². The molecule has 0 atom stereocenters. The highest BCUT2D eigenvalue weighted by molar-refractivity contribution is 6.20. The first-order valence-corrected chi connectivity index (χ1v) is 7.50. The van der Waals surface area contributed by atoms with Gasteiger partial charge in [0.1, 0.15) is 0 Å². The second-order valence-corrected chi connectivity index (χ2v) is 5.18. The molecule has 0 N–H and O–H groups in total. The van der Waals surface area contributed by atoms with Crippen molar-refractivity contribution in [2.24, 2.45) is 0 Å². The summed E-state index contributed by atoms with van der Waals surface area (Å²) in [6.07, 6.45) is 0.597. The minimum Gasteiger partial charge on any atom is -0.377 e. The number of hydrogen-bond donors (Lipinski definition) is 0. The van der Waals surface area contributed by atoms with Crippen molar-refractivity contribution in [3.8, 4) is 0 Å². The molecule has 0 saturated heterocycles. The highest BCUT2D eigenvalue weighted by Crippen LogP contribution is 2.22. The second kappa shape index (κ2) is 7.17. The Kier molecular flexibility index (Phi) is 4.80. The summed E-state index contributed by atoms with van der Waals surface area (Å²) in [7, 11) is 0. The van der Waals surface area contributed by atoms with Gasteiger partial charge in [0.05, 0.1) is 24.3 Å². The fourth-order valence-electron chi connectivity index (χ4n) is 2.37. The standard InChI is InChI=1S/C18H17NO4/c20-17-15-9-4-5-10-16(15)18(21)19(17)23-12-6-11-22-13-14-7-2-1-3-8-14/h1-5,7-10H,6,11-13H2. The molecule has 23 heavy (non-hydrogen) atoms. The molecule has 0 unspecified atom stereocenters. The van der Waals surface area contributed by atoms with E-state index in [1.54, 1.807) is 24.3 Å². The van der Waals surface area contributed by atoms with Crippen LogP contribution in [0.2, 0.25) is 0 Å². The van der Waals surface area contributed by atoms with Gasteiger partial charge in [0.15, 0.2) is 0 Å². The minimum atomic E-state index is -0.407. The Morgan fingerprint density at radius 1 is 0.783 bits per heavy atom. The summed E-state index contributed by atoms with van der Waals surface area (Å²) in [5.41, 5.74) is 1.88. The maximum Gasteiger partial charge on any atom is 0.285 e. The average molecular weight is 311 g/mol. The van der Waals surface area contributed by atoms with Crippen molar-refractivity contribution in [3.63, 3.8) is 0 Å². The first-order valence-electron chi connectivity index (χ1n) is 7.50. The van der Waals surface area contributed by atoms with Crippen molar-refractivity contribution in [1.29, 1.82) is 0 Å². The van der Waals surface area contributed by atoms with E-state index in [0.29, 0.717) is 30.8 Å². The molecule has 0 fully saturated rings. The highest BCUT2D eigenvalue weighted by atomic mass is 16.7. The van der Waals surface area contributed by atoms with Crippen molar-refractivity contribution in [2.45, 2.75) is 13.0 Å². The molecule has 2 aromatic rings. The number of hydroxylamine groups is 2. The Labute approximate surface area is 134 Å². The molecular formula is C18H17NO4. The Hall–Kier alpha value is -2.50. The van der Waals surface area contributed by atoms with Gasteiger partial charge in [-0.05, 0) is 24.1 Å². The first kappa shape index (κ1) is 15.4. The molecule has 118 valence electrons. The molecule has 5 nitrogen and oxygen atoms in total. The molecule has 0 saturated carbocycles. The van der Waals surface area contributed by atoms with E-state index in [-0.39, 0.29) is 6.61 Å². The van der Waals surface area contributed by atoms with Gasteiger partial charge >= 0.3 is 0 Å². The minimum absolute atomic E-state index is 0.250. The van der Waals surface area contributed by atoms with Crippen LogP contribution in [-0.2, 0) is 16.2 Å².